The molecule has 0 fully saturated rings. The predicted octanol–water partition coefficient (Wildman–Crippen LogP) is 2.80. The second-order valence-corrected chi connectivity index (χ2v) is 3.43. The molecule has 0 bridgehead atoms. The minimum atomic E-state index is 0.428. The first-order chi connectivity index (χ1) is 7.83. The molecule has 2 aromatic rings. The molecule has 0 atom stereocenters. The Balaban J connectivity index is 2.20. The summed E-state index contributed by atoms with van der Waals surface area (Å²) in [6, 6.07) is 11.6. The molecule has 16 heavy (non-hydrogen) atoms. The summed E-state index contributed by atoms with van der Waals surface area (Å²) in [6.45, 7) is 3.07. The molecule has 2 rings (SSSR count). The van der Waals surface area contributed by atoms with Crippen molar-refractivity contribution >= 4 is 0 Å². The Morgan fingerprint density at radius 2 is 1.88 bits per heavy atom. The molecule has 0 aliphatic rings. The molecule has 3 nitrogen and oxygen atoms in total. The van der Waals surface area contributed by atoms with E-state index in [2.05, 4.69) is 0 Å². The van der Waals surface area contributed by atoms with Crippen LogP contribution in [0.5, 0.6) is 5.75 Å². The Hall–Kier alpha value is -1.74. The maximum absolute atomic E-state index is 5.55. The van der Waals surface area contributed by atoms with Gasteiger partial charge in [-0.15, -0.1) is 0 Å². The molecule has 0 radical (unpaired) electrons. The number of nitrogens with two attached hydrogens (primary N) is 1. The van der Waals surface area contributed by atoms with Crippen molar-refractivity contribution in [3.63, 3.8) is 0 Å². The highest BCUT2D eigenvalue weighted by Crippen LogP contribution is 2.24. The van der Waals surface area contributed by atoms with Crippen molar-refractivity contribution in [2.45, 2.75) is 13.5 Å². The number of hydrogen-bond donors (Lipinski definition) is 1. The average Bonchev–Trinajstić information content (AvgIpc) is 2.79. The number of ether oxygens (including phenoxy) is 1. The first-order valence-corrected chi connectivity index (χ1v) is 5.35. The minimum Gasteiger partial charge on any atom is -0.494 e. The van der Waals surface area contributed by atoms with Gasteiger partial charge in [0.15, 0.2) is 0 Å². The minimum absolute atomic E-state index is 0.428. The average molecular weight is 217 g/mol. The molecule has 2 N–H and O–H groups in total. The van der Waals surface area contributed by atoms with Crippen LogP contribution in [-0.4, -0.2) is 6.61 Å². The van der Waals surface area contributed by atoms with Crippen molar-refractivity contribution < 1.29 is 9.15 Å². The molecule has 0 aliphatic carbocycles. The third-order valence-electron chi connectivity index (χ3n) is 2.31. The zero-order chi connectivity index (χ0) is 11.4. The molecular formula is C13H15NO2. The smallest absolute Gasteiger partial charge is 0.134 e. The lowest BCUT2D eigenvalue weighted by molar-refractivity contribution is 0.340. The quantitative estimate of drug-likeness (QED) is 0.856. The fraction of sp³-hybridized carbons (Fsp3) is 0.231. The standard InChI is InChI=1S/C13H15NO2/c1-2-15-11-5-3-10(4-6-11)13-8-7-12(9-14)16-13/h3-8H,2,9,14H2,1H3. The first-order valence-electron chi connectivity index (χ1n) is 5.35. The van der Waals surface area contributed by atoms with Crippen LogP contribution in [0.15, 0.2) is 40.8 Å². The van der Waals surface area contributed by atoms with E-state index in [9.17, 15) is 0 Å². The normalized spacial score (nSPS) is 10.4. The van der Waals surface area contributed by atoms with Gasteiger partial charge in [-0.2, -0.15) is 0 Å². The van der Waals surface area contributed by atoms with Gasteiger partial charge in [0, 0.05) is 5.56 Å². The predicted molar refractivity (Wildman–Crippen MR) is 63.2 cm³/mol. The SMILES string of the molecule is CCOc1ccc(-c2ccc(CN)o2)cc1. The fourth-order valence-electron chi connectivity index (χ4n) is 1.52. The van der Waals surface area contributed by atoms with Crippen LogP contribution in [0.25, 0.3) is 11.3 Å². The highest BCUT2D eigenvalue weighted by molar-refractivity contribution is 5.58. The zero-order valence-electron chi connectivity index (χ0n) is 9.27. The number of rotatable bonds is 4. The molecule has 0 aliphatic heterocycles. The van der Waals surface area contributed by atoms with Crippen LogP contribution in [0.3, 0.4) is 0 Å². The summed E-state index contributed by atoms with van der Waals surface area (Å²) < 4.78 is 10.9. The molecule has 1 aromatic carbocycles. The van der Waals surface area contributed by atoms with E-state index < -0.39 is 0 Å². The molecule has 3 heteroatoms. The molecule has 1 heterocycles. The fourth-order valence-corrected chi connectivity index (χ4v) is 1.52. The first kappa shape index (κ1) is 10.8. The molecule has 0 saturated carbocycles. The largest absolute Gasteiger partial charge is 0.494 e. The van der Waals surface area contributed by atoms with Gasteiger partial charge in [0.05, 0.1) is 13.2 Å². The van der Waals surface area contributed by atoms with Gasteiger partial charge in [-0.05, 0) is 43.3 Å². The third-order valence-corrected chi connectivity index (χ3v) is 2.31. The van der Waals surface area contributed by atoms with Crippen molar-refractivity contribution in [2.75, 3.05) is 6.61 Å². The van der Waals surface area contributed by atoms with E-state index in [1.807, 2.05) is 43.3 Å². The van der Waals surface area contributed by atoms with E-state index in [-0.39, 0.29) is 0 Å². The summed E-state index contributed by atoms with van der Waals surface area (Å²) in [5.74, 6) is 2.50. The van der Waals surface area contributed by atoms with Gasteiger partial charge in [0.2, 0.25) is 0 Å². The van der Waals surface area contributed by atoms with Crippen molar-refractivity contribution in [3.8, 4) is 17.1 Å². The Bertz CT molecular complexity index is 445. The van der Waals surface area contributed by atoms with E-state index in [0.717, 1.165) is 22.8 Å². The van der Waals surface area contributed by atoms with E-state index in [1.165, 1.54) is 0 Å². The summed E-state index contributed by atoms with van der Waals surface area (Å²) in [7, 11) is 0. The van der Waals surface area contributed by atoms with Crippen LogP contribution in [-0.2, 0) is 6.54 Å². The zero-order valence-corrected chi connectivity index (χ0v) is 9.27. The van der Waals surface area contributed by atoms with E-state index in [0.29, 0.717) is 13.2 Å². The highest BCUT2D eigenvalue weighted by atomic mass is 16.5. The van der Waals surface area contributed by atoms with Crippen molar-refractivity contribution in [1.29, 1.82) is 0 Å². The molecule has 1 aromatic heterocycles. The summed E-state index contributed by atoms with van der Waals surface area (Å²) in [6.07, 6.45) is 0. The second kappa shape index (κ2) is 4.86. The lowest BCUT2D eigenvalue weighted by Gasteiger charge is -2.03. The summed E-state index contributed by atoms with van der Waals surface area (Å²) in [4.78, 5) is 0. The summed E-state index contributed by atoms with van der Waals surface area (Å²) in [5.41, 5.74) is 6.52. The lowest BCUT2D eigenvalue weighted by Crippen LogP contribution is -1.92. The molecule has 84 valence electrons. The molecule has 0 spiro atoms. The number of furan rings is 1. The van der Waals surface area contributed by atoms with Gasteiger partial charge in [-0.25, -0.2) is 0 Å². The molecule has 0 unspecified atom stereocenters. The maximum Gasteiger partial charge on any atom is 0.134 e. The van der Waals surface area contributed by atoms with E-state index in [1.54, 1.807) is 0 Å². The number of hydrogen-bond acceptors (Lipinski definition) is 3. The van der Waals surface area contributed by atoms with Gasteiger partial charge in [-0.3, -0.25) is 0 Å². The molecule has 0 saturated heterocycles. The Morgan fingerprint density at radius 1 is 1.12 bits per heavy atom. The summed E-state index contributed by atoms with van der Waals surface area (Å²) >= 11 is 0. The van der Waals surface area contributed by atoms with Crippen LogP contribution >= 0.6 is 0 Å². The Morgan fingerprint density at radius 3 is 2.44 bits per heavy atom. The van der Waals surface area contributed by atoms with Crippen LogP contribution in [0, 0.1) is 0 Å². The van der Waals surface area contributed by atoms with E-state index in [4.69, 9.17) is 14.9 Å². The highest BCUT2D eigenvalue weighted by Gasteiger charge is 2.03. The monoisotopic (exact) mass is 217 g/mol. The van der Waals surface area contributed by atoms with Crippen molar-refractivity contribution in [2.24, 2.45) is 5.73 Å². The van der Waals surface area contributed by atoms with Crippen molar-refractivity contribution in [1.82, 2.24) is 0 Å². The van der Waals surface area contributed by atoms with Crippen molar-refractivity contribution in [3.05, 3.63) is 42.2 Å². The van der Waals surface area contributed by atoms with E-state index >= 15 is 0 Å². The van der Waals surface area contributed by atoms with Gasteiger partial charge < -0.3 is 14.9 Å². The van der Waals surface area contributed by atoms with Crippen LogP contribution in [0.1, 0.15) is 12.7 Å². The lowest BCUT2D eigenvalue weighted by atomic mass is 10.2. The maximum atomic E-state index is 5.55. The second-order valence-electron chi connectivity index (χ2n) is 3.43. The third kappa shape index (κ3) is 2.25. The Labute approximate surface area is 94.8 Å². The topological polar surface area (TPSA) is 48.4 Å². The Kier molecular flexibility index (Phi) is 3.27. The molecule has 0 amide bonds. The molecular weight excluding hydrogens is 202 g/mol. The van der Waals surface area contributed by atoms with Crippen LogP contribution in [0.2, 0.25) is 0 Å². The van der Waals surface area contributed by atoms with Gasteiger partial charge in [0.25, 0.3) is 0 Å². The summed E-state index contributed by atoms with van der Waals surface area (Å²) in [5, 5.41) is 0. The number of benzene rings is 1. The van der Waals surface area contributed by atoms with Gasteiger partial charge >= 0.3 is 0 Å². The van der Waals surface area contributed by atoms with Crippen LogP contribution in [0.4, 0.5) is 0 Å². The van der Waals surface area contributed by atoms with Gasteiger partial charge in [-0.1, -0.05) is 0 Å². The van der Waals surface area contributed by atoms with Crippen LogP contribution < -0.4 is 10.5 Å². The van der Waals surface area contributed by atoms with Gasteiger partial charge in [0.1, 0.15) is 17.3 Å².